The van der Waals surface area contributed by atoms with Crippen molar-refractivity contribution >= 4 is 23.2 Å². The number of amides is 1. The molecule has 16 heavy (non-hydrogen) atoms. The van der Waals surface area contributed by atoms with Gasteiger partial charge in [-0.25, -0.2) is 0 Å². The standard InChI is InChI=1S/C11H15ClN2O2/c1-7(4-5-15)14-11(16)9-6-8(12)2-3-10(9)13/h2-3,6-7,15H,4-5,13H2,1H3,(H,14,16). The molecule has 0 aliphatic heterocycles. The first-order valence-electron chi connectivity index (χ1n) is 5.01. The molecule has 4 nitrogen and oxygen atoms in total. The number of carbonyl (C=O) groups excluding carboxylic acids is 1. The van der Waals surface area contributed by atoms with Crippen LogP contribution in [-0.2, 0) is 0 Å². The van der Waals surface area contributed by atoms with E-state index in [1.165, 1.54) is 6.07 Å². The highest BCUT2D eigenvalue weighted by Crippen LogP contribution is 2.17. The van der Waals surface area contributed by atoms with Gasteiger partial charge in [-0.15, -0.1) is 0 Å². The predicted molar refractivity (Wildman–Crippen MR) is 64.5 cm³/mol. The fraction of sp³-hybridized carbons (Fsp3) is 0.364. The van der Waals surface area contributed by atoms with Crippen molar-refractivity contribution in [1.29, 1.82) is 0 Å². The summed E-state index contributed by atoms with van der Waals surface area (Å²) >= 11 is 5.78. The van der Waals surface area contributed by atoms with Crippen LogP contribution in [0.1, 0.15) is 23.7 Å². The molecule has 1 aromatic carbocycles. The van der Waals surface area contributed by atoms with E-state index in [1.54, 1.807) is 12.1 Å². The SMILES string of the molecule is CC(CCO)NC(=O)c1cc(Cl)ccc1N. The van der Waals surface area contributed by atoms with Gasteiger partial charge in [0.05, 0.1) is 5.56 Å². The van der Waals surface area contributed by atoms with Crippen molar-refractivity contribution < 1.29 is 9.90 Å². The Morgan fingerprint density at radius 1 is 1.62 bits per heavy atom. The third-order valence-electron chi connectivity index (χ3n) is 2.20. The third kappa shape index (κ3) is 3.40. The van der Waals surface area contributed by atoms with Gasteiger partial charge >= 0.3 is 0 Å². The maximum absolute atomic E-state index is 11.8. The van der Waals surface area contributed by atoms with Crippen molar-refractivity contribution in [2.24, 2.45) is 0 Å². The minimum absolute atomic E-state index is 0.0342. The van der Waals surface area contributed by atoms with Gasteiger partial charge in [0.15, 0.2) is 0 Å². The summed E-state index contributed by atoms with van der Waals surface area (Å²) in [4.78, 5) is 11.8. The topological polar surface area (TPSA) is 75.3 Å². The van der Waals surface area contributed by atoms with Crippen molar-refractivity contribution in [3.05, 3.63) is 28.8 Å². The fourth-order valence-electron chi connectivity index (χ4n) is 1.29. The molecule has 1 aromatic rings. The van der Waals surface area contributed by atoms with E-state index in [0.29, 0.717) is 22.7 Å². The quantitative estimate of drug-likeness (QED) is 0.699. The first-order chi connectivity index (χ1) is 7.54. The second-order valence-corrected chi connectivity index (χ2v) is 4.05. The highest BCUT2D eigenvalue weighted by Gasteiger charge is 2.12. The lowest BCUT2D eigenvalue weighted by Crippen LogP contribution is -2.33. The van der Waals surface area contributed by atoms with E-state index in [0.717, 1.165) is 0 Å². The number of hydrogen-bond acceptors (Lipinski definition) is 3. The summed E-state index contributed by atoms with van der Waals surface area (Å²) in [7, 11) is 0. The Morgan fingerprint density at radius 2 is 2.31 bits per heavy atom. The van der Waals surface area contributed by atoms with Gasteiger partial charge in [0, 0.05) is 23.4 Å². The molecule has 4 N–H and O–H groups in total. The van der Waals surface area contributed by atoms with Gasteiger partial charge in [-0.1, -0.05) is 11.6 Å². The predicted octanol–water partition coefficient (Wildman–Crippen LogP) is 1.42. The Kier molecular flexibility index (Phi) is 4.58. The highest BCUT2D eigenvalue weighted by atomic mass is 35.5. The van der Waals surface area contributed by atoms with Crippen LogP contribution < -0.4 is 11.1 Å². The van der Waals surface area contributed by atoms with E-state index >= 15 is 0 Å². The lowest BCUT2D eigenvalue weighted by molar-refractivity contribution is 0.0935. The lowest BCUT2D eigenvalue weighted by Gasteiger charge is -2.13. The number of rotatable bonds is 4. The van der Waals surface area contributed by atoms with Crippen LogP contribution in [0.2, 0.25) is 5.02 Å². The highest BCUT2D eigenvalue weighted by molar-refractivity contribution is 6.31. The van der Waals surface area contributed by atoms with E-state index < -0.39 is 0 Å². The normalized spacial score (nSPS) is 12.2. The molecule has 1 atom stereocenters. The van der Waals surface area contributed by atoms with Crippen LogP contribution in [0.4, 0.5) is 5.69 Å². The Morgan fingerprint density at radius 3 is 2.94 bits per heavy atom. The number of nitrogens with two attached hydrogens (primary N) is 1. The zero-order chi connectivity index (χ0) is 12.1. The van der Waals surface area contributed by atoms with Crippen LogP contribution in [0.5, 0.6) is 0 Å². The maximum Gasteiger partial charge on any atom is 0.253 e. The van der Waals surface area contributed by atoms with Crippen LogP contribution >= 0.6 is 11.6 Å². The average molecular weight is 243 g/mol. The van der Waals surface area contributed by atoms with Gasteiger partial charge in [0.25, 0.3) is 5.91 Å². The Labute approximate surface area is 99.4 Å². The van der Waals surface area contributed by atoms with Crippen LogP contribution in [-0.4, -0.2) is 23.7 Å². The molecule has 0 aliphatic carbocycles. The van der Waals surface area contributed by atoms with E-state index in [2.05, 4.69) is 5.32 Å². The Hall–Kier alpha value is -1.26. The molecule has 0 heterocycles. The molecule has 0 saturated carbocycles. The lowest BCUT2D eigenvalue weighted by atomic mass is 10.1. The van der Waals surface area contributed by atoms with Gasteiger partial charge in [-0.05, 0) is 31.5 Å². The largest absolute Gasteiger partial charge is 0.398 e. The van der Waals surface area contributed by atoms with E-state index in [9.17, 15) is 4.79 Å². The summed E-state index contributed by atoms with van der Waals surface area (Å²) in [6, 6.07) is 4.65. The number of hydrogen-bond donors (Lipinski definition) is 3. The number of aliphatic hydroxyl groups is 1. The molecule has 1 unspecified atom stereocenters. The monoisotopic (exact) mass is 242 g/mol. The van der Waals surface area contributed by atoms with Crippen molar-refractivity contribution in [3.8, 4) is 0 Å². The molecule has 0 saturated heterocycles. The van der Waals surface area contributed by atoms with Gasteiger partial charge < -0.3 is 16.2 Å². The third-order valence-corrected chi connectivity index (χ3v) is 2.43. The van der Waals surface area contributed by atoms with Crippen LogP contribution in [0.15, 0.2) is 18.2 Å². The summed E-state index contributed by atoms with van der Waals surface area (Å²) in [5.41, 5.74) is 6.42. The number of anilines is 1. The summed E-state index contributed by atoms with van der Waals surface area (Å²) in [6.45, 7) is 1.85. The summed E-state index contributed by atoms with van der Waals surface area (Å²) in [6.07, 6.45) is 0.506. The number of halogens is 1. The van der Waals surface area contributed by atoms with Gasteiger partial charge in [-0.2, -0.15) is 0 Å². The van der Waals surface area contributed by atoms with Gasteiger partial charge in [-0.3, -0.25) is 4.79 Å². The van der Waals surface area contributed by atoms with Gasteiger partial charge in [0.1, 0.15) is 0 Å². The van der Waals surface area contributed by atoms with Crippen molar-refractivity contribution in [2.45, 2.75) is 19.4 Å². The first-order valence-corrected chi connectivity index (χ1v) is 5.39. The first kappa shape index (κ1) is 12.8. The average Bonchev–Trinajstić information content (AvgIpc) is 2.21. The smallest absolute Gasteiger partial charge is 0.253 e. The van der Waals surface area contributed by atoms with Crippen molar-refractivity contribution in [1.82, 2.24) is 5.32 Å². The van der Waals surface area contributed by atoms with Crippen molar-refractivity contribution in [2.75, 3.05) is 12.3 Å². The number of nitrogens with one attached hydrogen (secondary N) is 1. The zero-order valence-electron chi connectivity index (χ0n) is 9.03. The number of aliphatic hydroxyl groups excluding tert-OH is 1. The Bertz CT molecular complexity index is 382. The molecule has 0 spiro atoms. The summed E-state index contributed by atoms with van der Waals surface area (Å²) in [5.74, 6) is -0.277. The van der Waals surface area contributed by atoms with E-state index in [1.807, 2.05) is 6.92 Å². The molecule has 88 valence electrons. The van der Waals surface area contributed by atoms with E-state index in [4.69, 9.17) is 22.4 Å². The zero-order valence-corrected chi connectivity index (χ0v) is 9.79. The van der Waals surface area contributed by atoms with Crippen molar-refractivity contribution in [3.63, 3.8) is 0 Å². The molecule has 1 rings (SSSR count). The van der Waals surface area contributed by atoms with Crippen LogP contribution in [0.3, 0.4) is 0 Å². The minimum Gasteiger partial charge on any atom is -0.398 e. The molecule has 0 aromatic heterocycles. The summed E-state index contributed by atoms with van der Waals surface area (Å²) < 4.78 is 0. The molecule has 0 fully saturated rings. The van der Waals surface area contributed by atoms with E-state index in [-0.39, 0.29) is 18.6 Å². The Balaban J connectivity index is 2.76. The molecular formula is C11H15ClN2O2. The number of carbonyl (C=O) groups is 1. The number of benzene rings is 1. The minimum atomic E-state index is -0.277. The van der Waals surface area contributed by atoms with Crippen LogP contribution in [0.25, 0.3) is 0 Å². The molecule has 1 amide bonds. The molecule has 0 radical (unpaired) electrons. The molecule has 0 aliphatic rings. The second kappa shape index (κ2) is 5.72. The van der Waals surface area contributed by atoms with Crippen LogP contribution in [0, 0.1) is 0 Å². The fourth-order valence-corrected chi connectivity index (χ4v) is 1.46. The van der Waals surface area contributed by atoms with Gasteiger partial charge in [0.2, 0.25) is 0 Å². The molecule has 0 bridgehead atoms. The maximum atomic E-state index is 11.8. The molecular weight excluding hydrogens is 228 g/mol. The summed E-state index contributed by atoms with van der Waals surface area (Å²) in [5, 5.41) is 11.9. The number of nitrogen functional groups attached to an aromatic ring is 1. The molecule has 5 heteroatoms. The second-order valence-electron chi connectivity index (χ2n) is 3.62.